The summed E-state index contributed by atoms with van der Waals surface area (Å²) in [4.78, 5) is 12.8. The first-order valence-corrected chi connectivity index (χ1v) is 8.26. The lowest BCUT2D eigenvalue weighted by atomic mass is 9.58. The van der Waals surface area contributed by atoms with E-state index >= 15 is 0 Å². The van der Waals surface area contributed by atoms with E-state index in [9.17, 15) is 9.90 Å². The molecule has 122 valence electrons. The zero-order chi connectivity index (χ0) is 16.1. The van der Waals surface area contributed by atoms with Gasteiger partial charge < -0.3 is 15.6 Å². The molecule has 1 aromatic rings. The molecule has 2 rings (SSSR count). The third-order valence-corrected chi connectivity index (χ3v) is 4.91. The SMILES string of the molecule is CCOC(=O)C1(CCCN)CCCCC1(O)c1ccccc1. The molecule has 0 heterocycles. The molecule has 1 aromatic carbocycles. The summed E-state index contributed by atoms with van der Waals surface area (Å²) in [5.41, 5.74) is 4.42. The molecule has 0 aromatic heterocycles. The summed E-state index contributed by atoms with van der Waals surface area (Å²) in [6.07, 6.45) is 4.34. The Balaban J connectivity index is 2.48. The molecule has 4 nitrogen and oxygen atoms in total. The molecule has 0 spiro atoms. The molecular weight excluding hydrogens is 278 g/mol. The van der Waals surface area contributed by atoms with Crippen molar-refractivity contribution < 1.29 is 14.6 Å². The van der Waals surface area contributed by atoms with Gasteiger partial charge in [-0.3, -0.25) is 4.79 Å². The molecule has 2 unspecified atom stereocenters. The summed E-state index contributed by atoms with van der Waals surface area (Å²) in [5, 5.41) is 11.5. The topological polar surface area (TPSA) is 72.5 Å². The second kappa shape index (κ2) is 7.25. The van der Waals surface area contributed by atoms with Gasteiger partial charge in [0.15, 0.2) is 0 Å². The van der Waals surface area contributed by atoms with Gasteiger partial charge in [0.05, 0.1) is 6.61 Å². The van der Waals surface area contributed by atoms with Crippen molar-refractivity contribution in [2.45, 2.75) is 51.0 Å². The number of rotatable bonds is 6. The van der Waals surface area contributed by atoms with Crippen molar-refractivity contribution in [2.75, 3.05) is 13.2 Å². The van der Waals surface area contributed by atoms with Gasteiger partial charge in [-0.2, -0.15) is 0 Å². The molecule has 0 aliphatic heterocycles. The van der Waals surface area contributed by atoms with E-state index in [1.165, 1.54) is 0 Å². The van der Waals surface area contributed by atoms with Crippen LogP contribution in [0.4, 0.5) is 0 Å². The average Bonchev–Trinajstić information content (AvgIpc) is 2.55. The Morgan fingerprint density at radius 3 is 2.59 bits per heavy atom. The van der Waals surface area contributed by atoms with Crippen LogP contribution in [-0.2, 0) is 15.1 Å². The number of ether oxygens (including phenoxy) is 1. The van der Waals surface area contributed by atoms with Crippen molar-refractivity contribution in [1.29, 1.82) is 0 Å². The lowest BCUT2D eigenvalue weighted by Gasteiger charge is -2.49. The van der Waals surface area contributed by atoms with Gasteiger partial charge in [0.1, 0.15) is 11.0 Å². The second-order valence-corrected chi connectivity index (χ2v) is 6.13. The molecule has 0 radical (unpaired) electrons. The monoisotopic (exact) mass is 305 g/mol. The minimum atomic E-state index is -1.17. The van der Waals surface area contributed by atoms with Crippen molar-refractivity contribution in [3.8, 4) is 0 Å². The van der Waals surface area contributed by atoms with Crippen LogP contribution in [0.3, 0.4) is 0 Å². The zero-order valence-corrected chi connectivity index (χ0v) is 13.4. The molecule has 3 N–H and O–H groups in total. The Kier molecular flexibility index (Phi) is 5.59. The first kappa shape index (κ1) is 17.0. The highest BCUT2D eigenvalue weighted by Crippen LogP contribution is 2.54. The second-order valence-electron chi connectivity index (χ2n) is 6.13. The molecule has 4 heteroatoms. The van der Waals surface area contributed by atoms with E-state index < -0.39 is 11.0 Å². The molecule has 1 saturated carbocycles. The molecule has 1 fully saturated rings. The fourth-order valence-corrected chi connectivity index (χ4v) is 3.77. The zero-order valence-electron chi connectivity index (χ0n) is 13.4. The number of carbonyl (C=O) groups is 1. The first-order chi connectivity index (χ1) is 10.6. The van der Waals surface area contributed by atoms with Crippen LogP contribution < -0.4 is 5.73 Å². The fourth-order valence-electron chi connectivity index (χ4n) is 3.77. The average molecular weight is 305 g/mol. The summed E-state index contributed by atoms with van der Waals surface area (Å²) < 4.78 is 5.36. The molecule has 2 atom stereocenters. The number of carbonyl (C=O) groups excluding carboxylic acids is 1. The van der Waals surface area contributed by atoms with E-state index in [2.05, 4.69) is 0 Å². The quantitative estimate of drug-likeness (QED) is 0.793. The Morgan fingerprint density at radius 2 is 1.95 bits per heavy atom. The molecule has 22 heavy (non-hydrogen) atoms. The Morgan fingerprint density at radius 1 is 1.27 bits per heavy atom. The van der Waals surface area contributed by atoms with E-state index in [1.54, 1.807) is 6.92 Å². The van der Waals surface area contributed by atoms with Crippen LogP contribution in [0.5, 0.6) is 0 Å². The minimum Gasteiger partial charge on any atom is -0.465 e. The van der Waals surface area contributed by atoms with Gasteiger partial charge in [0.2, 0.25) is 0 Å². The van der Waals surface area contributed by atoms with Gasteiger partial charge in [-0.1, -0.05) is 43.2 Å². The van der Waals surface area contributed by atoms with E-state index in [4.69, 9.17) is 10.5 Å². The smallest absolute Gasteiger partial charge is 0.315 e. The summed E-state index contributed by atoms with van der Waals surface area (Å²) in [7, 11) is 0. The normalized spacial score (nSPS) is 28.3. The van der Waals surface area contributed by atoms with Crippen molar-refractivity contribution in [2.24, 2.45) is 11.1 Å². The third kappa shape index (κ3) is 2.90. The van der Waals surface area contributed by atoms with Crippen LogP contribution in [0.1, 0.15) is 51.0 Å². The van der Waals surface area contributed by atoms with Crippen LogP contribution in [-0.4, -0.2) is 24.2 Å². The van der Waals surface area contributed by atoms with E-state index in [-0.39, 0.29) is 5.97 Å². The number of hydrogen-bond acceptors (Lipinski definition) is 4. The maximum absolute atomic E-state index is 12.8. The fraction of sp³-hybridized carbons (Fsp3) is 0.611. The Labute approximate surface area is 132 Å². The van der Waals surface area contributed by atoms with Gasteiger partial charge in [0.25, 0.3) is 0 Å². The molecule has 1 aliphatic rings. The van der Waals surface area contributed by atoms with Crippen LogP contribution in [0, 0.1) is 5.41 Å². The Hall–Kier alpha value is -1.39. The van der Waals surface area contributed by atoms with Gasteiger partial charge >= 0.3 is 5.97 Å². The highest BCUT2D eigenvalue weighted by molar-refractivity contribution is 5.79. The highest BCUT2D eigenvalue weighted by atomic mass is 16.5. The number of hydrogen-bond donors (Lipinski definition) is 2. The van der Waals surface area contributed by atoms with Crippen LogP contribution in [0.15, 0.2) is 30.3 Å². The van der Waals surface area contributed by atoms with Crippen LogP contribution in [0.2, 0.25) is 0 Å². The van der Waals surface area contributed by atoms with Gasteiger partial charge in [-0.25, -0.2) is 0 Å². The van der Waals surface area contributed by atoms with E-state index in [0.717, 1.165) is 18.4 Å². The van der Waals surface area contributed by atoms with Crippen molar-refractivity contribution >= 4 is 5.97 Å². The molecular formula is C18H27NO3. The number of nitrogens with two attached hydrogens (primary N) is 1. The maximum Gasteiger partial charge on any atom is 0.315 e. The van der Waals surface area contributed by atoms with Crippen molar-refractivity contribution in [3.05, 3.63) is 35.9 Å². The largest absolute Gasteiger partial charge is 0.465 e. The van der Waals surface area contributed by atoms with Crippen molar-refractivity contribution in [3.63, 3.8) is 0 Å². The lowest BCUT2D eigenvalue weighted by Crippen LogP contribution is -2.54. The first-order valence-electron chi connectivity index (χ1n) is 8.26. The number of aliphatic hydroxyl groups is 1. The standard InChI is InChI=1S/C18H27NO3/c1-2-22-16(20)17(12-8-14-19)11-6-7-13-18(17,21)15-9-4-3-5-10-15/h3-5,9-10,21H,2,6-8,11-14,19H2,1H3. The van der Waals surface area contributed by atoms with Crippen LogP contribution >= 0.6 is 0 Å². The molecule has 0 amide bonds. The van der Waals surface area contributed by atoms with Gasteiger partial charge in [-0.05, 0) is 44.7 Å². The van der Waals surface area contributed by atoms with E-state index in [1.807, 2.05) is 30.3 Å². The molecule has 0 bridgehead atoms. The van der Waals surface area contributed by atoms with Gasteiger partial charge in [0, 0.05) is 0 Å². The lowest BCUT2D eigenvalue weighted by molar-refractivity contribution is -0.188. The predicted molar refractivity (Wildman–Crippen MR) is 86.2 cm³/mol. The van der Waals surface area contributed by atoms with E-state index in [0.29, 0.717) is 38.8 Å². The Bertz CT molecular complexity index is 490. The highest BCUT2D eigenvalue weighted by Gasteiger charge is 2.58. The molecule has 0 saturated heterocycles. The minimum absolute atomic E-state index is 0.283. The summed E-state index contributed by atoms with van der Waals surface area (Å²) in [6.45, 7) is 2.64. The predicted octanol–water partition coefficient (Wildman–Crippen LogP) is 2.74. The molecule has 1 aliphatic carbocycles. The third-order valence-electron chi connectivity index (χ3n) is 4.91. The van der Waals surface area contributed by atoms with Crippen molar-refractivity contribution in [1.82, 2.24) is 0 Å². The summed E-state index contributed by atoms with van der Waals surface area (Å²) in [6, 6.07) is 9.53. The van der Waals surface area contributed by atoms with Crippen LogP contribution in [0.25, 0.3) is 0 Å². The van der Waals surface area contributed by atoms with Gasteiger partial charge in [-0.15, -0.1) is 0 Å². The maximum atomic E-state index is 12.8. The summed E-state index contributed by atoms with van der Waals surface area (Å²) in [5.74, 6) is -0.283. The summed E-state index contributed by atoms with van der Waals surface area (Å²) >= 11 is 0. The number of benzene rings is 1. The number of esters is 1.